The summed E-state index contributed by atoms with van der Waals surface area (Å²) in [5.41, 5.74) is -0.879. The van der Waals surface area contributed by atoms with Gasteiger partial charge in [0, 0.05) is 17.0 Å². The molecule has 3 heterocycles. The van der Waals surface area contributed by atoms with Gasteiger partial charge in [0.05, 0.1) is 38.8 Å². The van der Waals surface area contributed by atoms with Crippen LogP contribution in [0, 0.1) is 20.2 Å². The first-order chi connectivity index (χ1) is 19.5. The maximum Gasteiger partial charge on any atom is 0.353 e. The van der Waals surface area contributed by atoms with Crippen molar-refractivity contribution in [1.82, 2.24) is 15.2 Å². The summed E-state index contributed by atoms with van der Waals surface area (Å²) in [5.74, 6) is -4.29. The second-order valence-electron chi connectivity index (χ2n) is 8.09. The van der Waals surface area contributed by atoms with Crippen LogP contribution in [0.25, 0.3) is 6.08 Å². The summed E-state index contributed by atoms with van der Waals surface area (Å²) >= 11 is 2.12. The first kappa shape index (κ1) is 28.8. The number of nitrogens with one attached hydrogen (secondary N) is 1. The lowest BCUT2D eigenvalue weighted by Crippen LogP contribution is -2.57. The van der Waals surface area contributed by atoms with Crippen LogP contribution < -0.4 is 5.32 Å². The Kier molecular flexibility index (Phi) is 8.38. The van der Waals surface area contributed by atoms with Crippen LogP contribution in [0.5, 0.6) is 0 Å². The molecule has 0 spiro atoms. The number of rotatable bonds is 11. The minimum Gasteiger partial charge on any atom is -0.479 e. The van der Waals surface area contributed by atoms with E-state index in [-0.39, 0.29) is 23.3 Å². The monoisotopic (exact) mass is 604 g/mol. The number of hydrogen-bond acceptors (Lipinski definition) is 13. The van der Waals surface area contributed by atoms with E-state index >= 15 is 0 Å². The number of hydrogen-bond donors (Lipinski definition) is 3. The highest BCUT2D eigenvalue weighted by Crippen LogP contribution is 2.44. The van der Waals surface area contributed by atoms with Gasteiger partial charge in [-0.1, -0.05) is 11.2 Å². The number of fused-ring (bicyclic) bond motifs is 1. The quantitative estimate of drug-likeness (QED) is 0.143. The van der Waals surface area contributed by atoms with Gasteiger partial charge < -0.3 is 20.4 Å². The largest absolute Gasteiger partial charge is 0.479 e. The van der Waals surface area contributed by atoms with Gasteiger partial charge in [0.25, 0.3) is 17.3 Å². The van der Waals surface area contributed by atoms with Gasteiger partial charge in [-0.05, 0) is 12.1 Å². The first-order valence-electron chi connectivity index (χ1n) is 11.1. The standard InChI is InChI=1S/C22H16N6O11S2/c29-15-6-16-26(15)19(22(33)34)12(4-2-10-1-3-11(27(35)36)5-14(10)28(37)38)21(41-16)24-20(32)18(13-8-40-9-23-13)25-39-7-17(30)31/h1-5,8-9,16,21H,6-7H2,(H,24,32)(H,30,31)(H,33,34)/b4-2+,25-18-/t16-,21?/m1/s1. The van der Waals surface area contributed by atoms with Crippen LogP contribution in [0.3, 0.4) is 0 Å². The molecule has 0 aliphatic carbocycles. The Hall–Kier alpha value is -5.17. The Morgan fingerprint density at radius 1 is 1.22 bits per heavy atom. The third-order valence-corrected chi connectivity index (χ3v) is 7.48. The zero-order valence-electron chi connectivity index (χ0n) is 20.2. The van der Waals surface area contributed by atoms with Crippen molar-refractivity contribution in [3.05, 3.63) is 77.9 Å². The van der Waals surface area contributed by atoms with E-state index in [2.05, 4.69) is 15.5 Å². The van der Waals surface area contributed by atoms with E-state index in [1.165, 1.54) is 10.9 Å². The number of carbonyl (C=O) groups excluding carboxylic acids is 2. The first-order valence-corrected chi connectivity index (χ1v) is 13.0. The molecule has 1 saturated heterocycles. The molecule has 17 nitrogen and oxygen atoms in total. The van der Waals surface area contributed by atoms with Crippen molar-refractivity contribution < 1.29 is 44.1 Å². The summed E-state index contributed by atoms with van der Waals surface area (Å²) in [6.07, 6.45) is 2.27. The maximum atomic E-state index is 13.3. The molecule has 2 aliphatic rings. The van der Waals surface area contributed by atoms with E-state index in [0.717, 1.165) is 58.3 Å². The van der Waals surface area contributed by atoms with Crippen LogP contribution in [0.15, 0.2) is 51.6 Å². The summed E-state index contributed by atoms with van der Waals surface area (Å²) in [6, 6.07) is 2.86. The van der Waals surface area contributed by atoms with Gasteiger partial charge in [0.2, 0.25) is 12.5 Å². The number of oxime groups is 1. The number of carboxylic acids is 2. The zero-order chi connectivity index (χ0) is 29.8. The molecule has 3 N–H and O–H groups in total. The minimum absolute atomic E-state index is 0.0204. The number of amides is 2. The predicted molar refractivity (Wildman–Crippen MR) is 140 cm³/mol. The molecule has 2 amide bonds. The Bertz CT molecular complexity index is 1550. The number of nitro groups is 2. The van der Waals surface area contributed by atoms with Crippen LogP contribution in [0.1, 0.15) is 17.7 Å². The average Bonchev–Trinajstić information content (AvgIpc) is 3.43. The van der Waals surface area contributed by atoms with Crippen molar-refractivity contribution in [1.29, 1.82) is 0 Å². The Morgan fingerprint density at radius 2 is 1.98 bits per heavy atom. The fraction of sp³-hybridized carbons (Fsp3) is 0.182. The van der Waals surface area contributed by atoms with Gasteiger partial charge >= 0.3 is 11.9 Å². The molecule has 1 aromatic heterocycles. The molecule has 212 valence electrons. The molecule has 0 saturated carbocycles. The van der Waals surface area contributed by atoms with Gasteiger partial charge in [-0.25, -0.2) is 14.6 Å². The number of thioether (sulfide) groups is 1. The second kappa shape index (κ2) is 11.9. The lowest BCUT2D eigenvalue weighted by atomic mass is 10.0. The summed E-state index contributed by atoms with van der Waals surface area (Å²) in [7, 11) is 0. The third kappa shape index (κ3) is 6.20. The van der Waals surface area contributed by atoms with Gasteiger partial charge in [0.1, 0.15) is 16.8 Å². The molecule has 1 aromatic carbocycles. The van der Waals surface area contributed by atoms with Gasteiger partial charge in [-0.2, -0.15) is 0 Å². The van der Waals surface area contributed by atoms with Gasteiger partial charge in [-0.3, -0.25) is 34.7 Å². The maximum absolute atomic E-state index is 13.3. The molecule has 2 aliphatic heterocycles. The highest BCUT2D eigenvalue weighted by molar-refractivity contribution is 8.00. The predicted octanol–water partition coefficient (Wildman–Crippen LogP) is 1.56. The fourth-order valence-corrected chi connectivity index (χ4v) is 5.71. The highest BCUT2D eigenvalue weighted by atomic mass is 32.2. The Morgan fingerprint density at radius 3 is 2.56 bits per heavy atom. The van der Waals surface area contributed by atoms with Crippen LogP contribution >= 0.6 is 23.1 Å². The van der Waals surface area contributed by atoms with Crippen molar-refractivity contribution in [2.45, 2.75) is 17.2 Å². The molecule has 41 heavy (non-hydrogen) atoms. The molecule has 2 aromatic rings. The van der Waals surface area contributed by atoms with Crippen LogP contribution in [0.2, 0.25) is 0 Å². The molecule has 2 atom stereocenters. The number of thiazole rings is 1. The number of aromatic nitrogens is 1. The average molecular weight is 605 g/mol. The summed E-state index contributed by atoms with van der Waals surface area (Å²) in [6.45, 7) is -0.858. The molecular weight excluding hydrogens is 588 g/mol. The smallest absolute Gasteiger partial charge is 0.353 e. The topological polar surface area (TPSA) is 245 Å². The molecule has 1 fully saturated rings. The van der Waals surface area contributed by atoms with Crippen molar-refractivity contribution in [2.24, 2.45) is 5.16 Å². The highest BCUT2D eigenvalue weighted by Gasteiger charge is 2.48. The van der Waals surface area contributed by atoms with E-state index in [9.17, 15) is 44.5 Å². The third-order valence-electron chi connectivity index (χ3n) is 5.56. The molecule has 0 bridgehead atoms. The second-order valence-corrected chi connectivity index (χ2v) is 10.1. The van der Waals surface area contributed by atoms with E-state index in [1.807, 2.05) is 0 Å². The number of nitro benzene ring substituents is 2. The number of β-lactam (4-membered cyclic amide) rings is 1. The van der Waals surface area contributed by atoms with E-state index in [0.29, 0.717) is 0 Å². The summed E-state index contributed by atoms with van der Waals surface area (Å²) in [4.78, 5) is 79.2. The number of benzene rings is 1. The number of aliphatic carboxylic acids is 2. The molecule has 0 radical (unpaired) electrons. The van der Waals surface area contributed by atoms with Crippen LogP contribution in [-0.4, -0.2) is 76.8 Å². The van der Waals surface area contributed by atoms with E-state index in [1.54, 1.807) is 0 Å². The lowest BCUT2D eigenvalue weighted by Gasteiger charge is -2.46. The van der Waals surface area contributed by atoms with Gasteiger partial charge in [-0.15, -0.1) is 23.1 Å². The number of nitrogens with zero attached hydrogens (tertiary/aromatic N) is 5. The molecule has 1 unspecified atom stereocenters. The van der Waals surface area contributed by atoms with E-state index in [4.69, 9.17) is 9.94 Å². The van der Waals surface area contributed by atoms with Crippen molar-refractivity contribution in [3.63, 3.8) is 0 Å². The number of carbonyl (C=O) groups is 4. The Labute approximate surface area is 236 Å². The van der Waals surface area contributed by atoms with Crippen LogP contribution in [0.4, 0.5) is 11.4 Å². The minimum atomic E-state index is -1.52. The molecular formula is C22H16N6O11S2. The van der Waals surface area contributed by atoms with Crippen LogP contribution in [-0.2, 0) is 24.0 Å². The van der Waals surface area contributed by atoms with Gasteiger partial charge in [0.15, 0.2) is 5.71 Å². The van der Waals surface area contributed by atoms with Crippen molar-refractivity contribution in [3.8, 4) is 0 Å². The van der Waals surface area contributed by atoms with E-state index < -0.39 is 73.7 Å². The summed E-state index contributed by atoms with van der Waals surface area (Å²) in [5, 5.41) is 47.2. The normalized spacial score (nSPS) is 18.5. The number of carboxylic acid groups (broad SMARTS) is 2. The number of non-ortho nitro benzene ring substituents is 1. The van der Waals surface area contributed by atoms with Crippen molar-refractivity contribution >= 4 is 70.0 Å². The lowest BCUT2D eigenvalue weighted by molar-refractivity contribution is -0.394. The molecule has 19 heteroatoms. The fourth-order valence-electron chi connectivity index (χ4n) is 3.76. The zero-order valence-corrected chi connectivity index (χ0v) is 21.9. The SMILES string of the molecule is O=C(O)CO/N=C(\C(=O)NC1S[C@@H]2CC(=O)N2C(C(=O)O)=C1/C=C/c1ccc([N+](=O)[O-])cc1[N+](=O)[O-])c1cscn1. The Balaban J connectivity index is 1.74. The summed E-state index contributed by atoms with van der Waals surface area (Å²) < 4.78 is 0. The van der Waals surface area contributed by atoms with Crippen molar-refractivity contribution in [2.75, 3.05) is 6.61 Å². The molecule has 4 rings (SSSR count).